The molecule has 1 aromatic rings. The van der Waals surface area contributed by atoms with E-state index in [1.165, 1.54) is 0 Å². The van der Waals surface area contributed by atoms with Crippen LogP contribution in [-0.2, 0) is 0 Å². The largest absolute Gasteiger partial charge is 0.463 e. The standard InChI is InChI=1S/C12H22N4OS/c1-4-7-13-10-14-11(17-8-5-2)16-12(15-10)18-9-6-3/h4-9H2,1-3H3,(H,13,14,15,16). The van der Waals surface area contributed by atoms with E-state index in [1.54, 1.807) is 11.8 Å². The van der Waals surface area contributed by atoms with E-state index in [-0.39, 0.29) is 0 Å². The normalized spacial score (nSPS) is 10.4. The van der Waals surface area contributed by atoms with Gasteiger partial charge < -0.3 is 10.1 Å². The number of aromatic nitrogens is 3. The smallest absolute Gasteiger partial charge is 0.322 e. The maximum atomic E-state index is 5.48. The highest BCUT2D eigenvalue weighted by molar-refractivity contribution is 7.99. The summed E-state index contributed by atoms with van der Waals surface area (Å²) in [6.45, 7) is 7.79. The van der Waals surface area contributed by atoms with E-state index in [4.69, 9.17) is 4.74 Å². The lowest BCUT2D eigenvalue weighted by Crippen LogP contribution is -2.09. The topological polar surface area (TPSA) is 59.9 Å². The minimum atomic E-state index is 0.420. The van der Waals surface area contributed by atoms with Crippen molar-refractivity contribution in [1.29, 1.82) is 0 Å². The second kappa shape index (κ2) is 8.97. The maximum Gasteiger partial charge on any atom is 0.322 e. The van der Waals surface area contributed by atoms with Crippen molar-refractivity contribution in [2.45, 2.75) is 45.2 Å². The summed E-state index contributed by atoms with van der Waals surface area (Å²) in [4.78, 5) is 12.9. The van der Waals surface area contributed by atoms with E-state index in [2.05, 4.69) is 41.0 Å². The van der Waals surface area contributed by atoms with Gasteiger partial charge in [0.25, 0.3) is 0 Å². The Balaban J connectivity index is 2.74. The zero-order valence-electron chi connectivity index (χ0n) is 11.4. The summed E-state index contributed by atoms with van der Waals surface area (Å²) < 4.78 is 5.48. The van der Waals surface area contributed by atoms with Crippen LogP contribution in [0.3, 0.4) is 0 Å². The molecule has 0 bridgehead atoms. The Hall–Kier alpha value is -1.04. The molecule has 0 aromatic carbocycles. The molecular formula is C12H22N4OS. The Morgan fingerprint density at radius 1 is 1.06 bits per heavy atom. The number of hydrogen-bond acceptors (Lipinski definition) is 6. The number of anilines is 1. The summed E-state index contributed by atoms with van der Waals surface area (Å²) in [5, 5.41) is 3.91. The molecule has 102 valence electrons. The summed E-state index contributed by atoms with van der Waals surface area (Å²) in [7, 11) is 0. The van der Waals surface area contributed by atoms with Crippen molar-refractivity contribution in [3.8, 4) is 6.01 Å². The van der Waals surface area contributed by atoms with Gasteiger partial charge in [0.1, 0.15) is 0 Å². The van der Waals surface area contributed by atoms with E-state index < -0.39 is 0 Å². The zero-order chi connectivity index (χ0) is 13.2. The first-order valence-electron chi connectivity index (χ1n) is 6.55. The van der Waals surface area contributed by atoms with Crippen LogP contribution in [0.25, 0.3) is 0 Å². The Morgan fingerprint density at radius 3 is 2.56 bits per heavy atom. The van der Waals surface area contributed by atoms with Gasteiger partial charge in [0, 0.05) is 12.3 Å². The van der Waals surface area contributed by atoms with Crippen LogP contribution in [0.4, 0.5) is 5.95 Å². The number of hydrogen-bond donors (Lipinski definition) is 1. The second-order valence-corrected chi connectivity index (χ2v) is 4.91. The van der Waals surface area contributed by atoms with Crippen LogP contribution in [-0.4, -0.2) is 33.9 Å². The van der Waals surface area contributed by atoms with E-state index in [0.29, 0.717) is 18.6 Å². The van der Waals surface area contributed by atoms with Crippen molar-refractivity contribution in [2.75, 3.05) is 24.2 Å². The Bertz CT molecular complexity index is 284. The molecule has 0 saturated heterocycles. The van der Waals surface area contributed by atoms with Crippen LogP contribution in [0.5, 0.6) is 6.01 Å². The Labute approximate surface area is 113 Å². The third-order valence-corrected chi connectivity index (χ3v) is 3.05. The van der Waals surface area contributed by atoms with Crippen molar-refractivity contribution in [2.24, 2.45) is 0 Å². The average Bonchev–Trinajstić information content (AvgIpc) is 2.40. The quantitative estimate of drug-likeness (QED) is 0.696. The highest BCUT2D eigenvalue weighted by Crippen LogP contribution is 2.18. The van der Waals surface area contributed by atoms with Gasteiger partial charge in [-0.2, -0.15) is 15.0 Å². The molecule has 0 aliphatic carbocycles. The number of thioether (sulfide) groups is 1. The average molecular weight is 270 g/mol. The maximum absolute atomic E-state index is 5.48. The van der Waals surface area contributed by atoms with E-state index in [0.717, 1.165) is 36.7 Å². The predicted octanol–water partition coefficient (Wildman–Crippen LogP) is 2.98. The number of ether oxygens (including phenoxy) is 1. The Kier molecular flexibility index (Phi) is 7.48. The first-order chi connectivity index (χ1) is 8.80. The molecule has 0 aliphatic rings. The van der Waals surface area contributed by atoms with Gasteiger partial charge in [-0.05, 0) is 19.3 Å². The van der Waals surface area contributed by atoms with Crippen LogP contribution < -0.4 is 10.1 Å². The van der Waals surface area contributed by atoms with Gasteiger partial charge in [-0.25, -0.2) is 0 Å². The van der Waals surface area contributed by atoms with Crippen molar-refractivity contribution < 1.29 is 4.74 Å². The van der Waals surface area contributed by atoms with Crippen LogP contribution in [0, 0.1) is 0 Å². The van der Waals surface area contributed by atoms with Crippen LogP contribution in [0.1, 0.15) is 40.0 Å². The molecule has 0 spiro atoms. The molecule has 0 fully saturated rings. The predicted molar refractivity (Wildman–Crippen MR) is 75.4 cm³/mol. The Morgan fingerprint density at radius 2 is 1.89 bits per heavy atom. The summed E-state index contributed by atoms with van der Waals surface area (Å²) in [5.74, 6) is 1.61. The SMILES string of the molecule is CCCNc1nc(OCCC)nc(SCCC)n1. The number of nitrogens with zero attached hydrogens (tertiary/aromatic N) is 3. The molecule has 0 amide bonds. The van der Waals surface area contributed by atoms with Crippen molar-refractivity contribution in [1.82, 2.24) is 15.0 Å². The van der Waals surface area contributed by atoms with Crippen LogP contribution >= 0.6 is 11.8 Å². The van der Waals surface area contributed by atoms with Gasteiger partial charge >= 0.3 is 6.01 Å². The molecule has 0 atom stereocenters. The first-order valence-corrected chi connectivity index (χ1v) is 7.54. The summed E-state index contributed by atoms with van der Waals surface area (Å²) in [6, 6.07) is 0.420. The highest BCUT2D eigenvalue weighted by atomic mass is 32.2. The summed E-state index contributed by atoms with van der Waals surface area (Å²) in [6.07, 6.45) is 3.08. The molecule has 1 heterocycles. The molecule has 0 saturated carbocycles. The fourth-order valence-corrected chi connectivity index (χ4v) is 1.85. The molecule has 0 unspecified atom stereocenters. The monoisotopic (exact) mass is 270 g/mol. The van der Waals surface area contributed by atoms with E-state index in [1.807, 2.05) is 0 Å². The van der Waals surface area contributed by atoms with Crippen molar-refractivity contribution in [3.05, 3.63) is 0 Å². The van der Waals surface area contributed by atoms with Gasteiger partial charge in [0.05, 0.1) is 6.61 Å². The third-order valence-electron chi connectivity index (χ3n) is 2.00. The lowest BCUT2D eigenvalue weighted by molar-refractivity contribution is 0.288. The van der Waals surface area contributed by atoms with Crippen LogP contribution in [0.15, 0.2) is 5.16 Å². The van der Waals surface area contributed by atoms with Crippen molar-refractivity contribution in [3.63, 3.8) is 0 Å². The summed E-state index contributed by atoms with van der Waals surface area (Å²) >= 11 is 1.63. The number of rotatable bonds is 9. The first kappa shape index (κ1) is 15.0. The molecule has 1 aromatic heterocycles. The number of nitrogens with one attached hydrogen (secondary N) is 1. The van der Waals surface area contributed by atoms with Gasteiger partial charge in [0.15, 0.2) is 5.16 Å². The highest BCUT2D eigenvalue weighted by Gasteiger charge is 2.07. The fourth-order valence-electron chi connectivity index (χ4n) is 1.17. The minimum Gasteiger partial charge on any atom is -0.463 e. The molecule has 0 aliphatic heterocycles. The zero-order valence-corrected chi connectivity index (χ0v) is 12.2. The van der Waals surface area contributed by atoms with E-state index >= 15 is 0 Å². The van der Waals surface area contributed by atoms with Gasteiger partial charge in [-0.3, -0.25) is 0 Å². The lowest BCUT2D eigenvalue weighted by Gasteiger charge is -2.08. The summed E-state index contributed by atoms with van der Waals surface area (Å²) in [5.41, 5.74) is 0. The lowest BCUT2D eigenvalue weighted by atomic mass is 10.5. The van der Waals surface area contributed by atoms with Crippen molar-refractivity contribution >= 4 is 17.7 Å². The molecular weight excluding hydrogens is 248 g/mol. The minimum absolute atomic E-state index is 0.420. The second-order valence-electron chi connectivity index (χ2n) is 3.85. The molecule has 6 heteroatoms. The van der Waals surface area contributed by atoms with Gasteiger partial charge in [-0.1, -0.05) is 32.5 Å². The molecule has 18 heavy (non-hydrogen) atoms. The van der Waals surface area contributed by atoms with Gasteiger partial charge in [0.2, 0.25) is 5.95 Å². The molecule has 1 N–H and O–H groups in total. The molecule has 5 nitrogen and oxygen atoms in total. The van der Waals surface area contributed by atoms with Gasteiger partial charge in [-0.15, -0.1) is 0 Å². The van der Waals surface area contributed by atoms with Crippen LogP contribution in [0.2, 0.25) is 0 Å². The van der Waals surface area contributed by atoms with E-state index in [9.17, 15) is 0 Å². The molecule has 1 rings (SSSR count). The molecule has 0 radical (unpaired) electrons. The fraction of sp³-hybridized carbons (Fsp3) is 0.750. The third kappa shape index (κ3) is 5.53.